The molecule has 16 heavy (non-hydrogen) atoms. The number of rotatable bonds is 6. The van der Waals surface area contributed by atoms with E-state index in [4.69, 9.17) is 5.73 Å². The Morgan fingerprint density at radius 1 is 1.69 bits per heavy atom. The fourth-order valence-electron chi connectivity index (χ4n) is 1.38. The zero-order valence-electron chi connectivity index (χ0n) is 9.82. The molecule has 0 radical (unpaired) electrons. The summed E-state index contributed by atoms with van der Waals surface area (Å²) in [7, 11) is 0. The Labute approximate surface area is 105 Å². The Morgan fingerprint density at radius 3 is 2.81 bits per heavy atom. The van der Waals surface area contributed by atoms with Crippen molar-refractivity contribution in [3.63, 3.8) is 0 Å². The van der Waals surface area contributed by atoms with Crippen molar-refractivity contribution in [1.82, 2.24) is 5.32 Å². The Bertz CT molecular complexity index is 338. The van der Waals surface area contributed by atoms with E-state index in [1.165, 1.54) is 4.21 Å². The average Bonchev–Trinajstić information content (AvgIpc) is 2.65. The summed E-state index contributed by atoms with van der Waals surface area (Å²) in [4.78, 5) is 11.5. The lowest BCUT2D eigenvalue weighted by Gasteiger charge is -2.29. The highest BCUT2D eigenvalue weighted by Crippen LogP contribution is 2.26. The van der Waals surface area contributed by atoms with Gasteiger partial charge in [0.05, 0.1) is 4.21 Å². The second kappa shape index (κ2) is 5.70. The van der Waals surface area contributed by atoms with E-state index in [-0.39, 0.29) is 11.9 Å². The molecule has 1 aromatic rings. The lowest BCUT2D eigenvalue weighted by atomic mass is 10.0. The van der Waals surface area contributed by atoms with Gasteiger partial charge in [-0.1, -0.05) is 6.07 Å². The molecule has 1 atom stereocenters. The summed E-state index contributed by atoms with van der Waals surface area (Å²) in [5.74, 6) is 0.353. The fraction of sp³-hybridized carbons (Fsp3) is 0.545. The predicted molar refractivity (Wildman–Crippen MR) is 70.9 cm³/mol. The molecule has 90 valence electrons. The number of hydrogen-bond donors (Lipinski definition) is 2. The summed E-state index contributed by atoms with van der Waals surface area (Å²) in [6.45, 7) is 5.88. The molecule has 1 heterocycles. The SMILES string of the molecule is CC(C)NC(C)(CSc1cccs1)C(N)=O. The van der Waals surface area contributed by atoms with Crippen LogP contribution in [0.4, 0.5) is 0 Å². The van der Waals surface area contributed by atoms with Crippen LogP contribution in [0.1, 0.15) is 20.8 Å². The van der Waals surface area contributed by atoms with Crippen LogP contribution in [0.25, 0.3) is 0 Å². The van der Waals surface area contributed by atoms with E-state index in [9.17, 15) is 4.79 Å². The Balaban J connectivity index is 2.61. The Kier molecular flexibility index (Phi) is 4.83. The zero-order valence-corrected chi connectivity index (χ0v) is 11.5. The molecule has 1 amide bonds. The third-order valence-electron chi connectivity index (χ3n) is 2.15. The smallest absolute Gasteiger partial charge is 0.238 e. The zero-order chi connectivity index (χ0) is 12.2. The van der Waals surface area contributed by atoms with Crippen LogP contribution in [-0.2, 0) is 4.79 Å². The number of carbonyl (C=O) groups excluding carboxylic acids is 1. The number of nitrogens with two attached hydrogens (primary N) is 1. The molecule has 0 bridgehead atoms. The number of primary amides is 1. The van der Waals surface area contributed by atoms with Gasteiger partial charge < -0.3 is 11.1 Å². The molecule has 1 aromatic heterocycles. The summed E-state index contributed by atoms with van der Waals surface area (Å²) in [5.41, 5.74) is 4.80. The molecule has 0 saturated carbocycles. The van der Waals surface area contributed by atoms with E-state index in [0.29, 0.717) is 5.75 Å². The van der Waals surface area contributed by atoms with Crippen LogP contribution in [0.15, 0.2) is 21.7 Å². The summed E-state index contributed by atoms with van der Waals surface area (Å²) < 4.78 is 1.21. The first-order chi connectivity index (χ1) is 7.44. The number of amides is 1. The van der Waals surface area contributed by atoms with Crippen LogP contribution in [0, 0.1) is 0 Å². The van der Waals surface area contributed by atoms with Gasteiger partial charge in [-0.15, -0.1) is 23.1 Å². The highest BCUT2D eigenvalue weighted by atomic mass is 32.2. The van der Waals surface area contributed by atoms with Crippen LogP contribution in [0.5, 0.6) is 0 Å². The number of thiophene rings is 1. The summed E-state index contributed by atoms with van der Waals surface area (Å²) >= 11 is 3.34. The Hall–Kier alpha value is -0.520. The normalized spacial score (nSPS) is 15.0. The van der Waals surface area contributed by atoms with Gasteiger partial charge in [-0.25, -0.2) is 0 Å². The van der Waals surface area contributed by atoms with Gasteiger partial charge in [-0.3, -0.25) is 4.79 Å². The molecule has 0 fully saturated rings. The van der Waals surface area contributed by atoms with Crippen molar-refractivity contribution in [1.29, 1.82) is 0 Å². The van der Waals surface area contributed by atoms with Crippen molar-refractivity contribution in [3.05, 3.63) is 17.5 Å². The summed E-state index contributed by atoms with van der Waals surface area (Å²) in [5, 5.41) is 5.25. The van der Waals surface area contributed by atoms with Gasteiger partial charge in [0.1, 0.15) is 5.54 Å². The molecule has 0 saturated heterocycles. The van der Waals surface area contributed by atoms with E-state index in [2.05, 4.69) is 5.32 Å². The van der Waals surface area contributed by atoms with Crippen LogP contribution < -0.4 is 11.1 Å². The minimum Gasteiger partial charge on any atom is -0.368 e. The van der Waals surface area contributed by atoms with E-state index in [1.807, 2.05) is 38.3 Å². The lowest BCUT2D eigenvalue weighted by Crippen LogP contribution is -2.57. The third kappa shape index (κ3) is 3.81. The van der Waals surface area contributed by atoms with Crippen molar-refractivity contribution in [2.24, 2.45) is 5.73 Å². The number of thioether (sulfide) groups is 1. The Morgan fingerprint density at radius 2 is 2.38 bits per heavy atom. The maximum absolute atomic E-state index is 11.5. The molecule has 0 aliphatic carbocycles. The van der Waals surface area contributed by atoms with Crippen LogP contribution in [-0.4, -0.2) is 23.2 Å². The van der Waals surface area contributed by atoms with Crippen molar-refractivity contribution in [3.8, 4) is 0 Å². The molecule has 0 aromatic carbocycles. The topological polar surface area (TPSA) is 55.1 Å². The van der Waals surface area contributed by atoms with Crippen molar-refractivity contribution >= 4 is 29.0 Å². The van der Waals surface area contributed by atoms with E-state index in [0.717, 1.165) is 0 Å². The quantitative estimate of drug-likeness (QED) is 0.768. The molecule has 5 heteroatoms. The van der Waals surface area contributed by atoms with Gasteiger partial charge in [0, 0.05) is 11.8 Å². The third-order valence-corrected chi connectivity index (χ3v) is 4.60. The van der Waals surface area contributed by atoms with Gasteiger partial charge in [0.2, 0.25) is 5.91 Å². The first-order valence-corrected chi connectivity index (χ1v) is 7.04. The van der Waals surface area contributed by atoms with Gasteiger partial charge in [-0.05, 0) is 32.2 Å². The van der Waals surface area contributed by atoms with Crippen LogP contribution in [0.2, 0.25) is 0 Å². The highest BCUT2D eigenvalue weighted by Gasteiger charge is 2.31. The first kappa shape index (κ1) is 13.5. The lowest BCUT2D eigenvalue weighted by molar-refractivity contribution is -0.123. The van der Waals surface area contributed by atoms with Gasteiger partial charge in [0.25, 0.3) is 0 Å². The molecule has 3 nitrogen and oxygen atoms in total. The standard InChI is InChI=1S/C11H18N2OS2/c1-8(2)13-11(3,10(12)14)7-16-9-5-4-6-15-9/h4-6,8,13H,7H2,1-3H3,(H2,12,14). The summed E-state index contributed by atoms with van der Waals surface area (Å²) in [6.07, 6.45) is 0. The molecule has 1 rings (SSSR count). The molecular weight excluding hydrogens is 240 g/mol. The largest absolute Gasteiger partial charge is 0.368 e. The molecule has 0 aliphatic heterocycles. The average molecular weight is 258 g/mol. The number of nitrogens with one attached hydrogen (secondary N) is 1. The molecule has 3 N–H and O–H groups in total. The minimum absolute atomic E-state index is 0.237. The van der Waals surface area contributed by atoms with Gasteiger partial charge in [-0.2, -0.15) is 0 Å². The maximum Gasteiger partial charge on any atom is 0.238 e. The number of carbonyl (C=O) groups is 1. The summed E-state index contributed by atoms with van der Waals surface area (Å²) in [6, 6.07) is 4.29. The fourth-order valence-corrected chi connectivity index (χ4v) is 3.28. The van der Waals surface area contributed by atoms with Gasteiger partial charge >= 0.3 is 0 Å². The minimum atomic E-state index is -0.650. The highest BCUT2D eigenvalue weighted by molar-refractivity contribution is 8.01. The molecule has 0 spiro atoms. The molecule has 1 unspecified atom stereocenters. The second-order valence-corrected chi connectivity index (χ2v) is 6.44. The van der Waals surface area contributed by atoms with Crippen molar-refractivity contribution in [2.75, 3.05) is 5.75 Å². The van der Waals surface area contributed by atoms with Gasteiger partial charge in [0.15, 0.2) is 0 Å². The van der Waals surface area contributed by atoms with E-state index < -0.39 is 5.54 Å². The molecule has 0 aliphatic rings. The maximum atomic E-state index is 11.5. The predicted octanol–water partition coefficient (Wildman–Crippen LogP) is 2.08. The van der Waals surface area contributed by atoms with Crippen molar-refractivity contribution in [2.45, 2.75) is 36.6 Å². The van der Waals surface area contributed by atoms with Crippen molar-refractivity contribution < 1.29 is 4.79 Å². The second-order valence-electron chi connectivity index (χ2n) is 4.22. The van der Waals surface area contributed by atoms with Crippen LogP contribution >= 0.6 is 23.1 Å². The van der Waals surface area contributed by atoms with E-state index in [1.54, 1.807) is 23.1 Å². The van der Waals surface area contributed by atoms with Crippen LogP contribution in [0.3, 0.4) is 0 Å². The number of hydrogen-bond acceptors (Lipinski definition) is 4. The first-order valence-electron chi connectivity index (χ1n) is 5.18. The monoisotopic (exact) mass is 258 g/mol. The molecular formula is C11H18N2OS2. The van der Waals surface area contributed by atoms with E-state index >= 15 is 0 Å².